The molecule has 1 aliphatic rings. The van der Waals surface area contributed by atoms with Gasteiger partial charge < -0.3 is 19.2 Å². The van der Waals surface area contributed by atoms with Crippen LogP contribution in [0.4, 0.5) is 0 Å². The summed E-state index contributed by atoms with van der Waals surface area (Å²) in [5.41, 5.74) is 4.49. The van der Waals surface area contributed by atoms with Crippen LogP contribution in [-0.4, -0.2) is 21.7 Å². The van der Waals surface area contributed by atoms with Crippen LogP contribution in [0, 0.1) is 6.92 Å². The summed E-state index contributed by atoms with van der Waals surface area (Å²) >= 11 is 0. The Kier molecular flexibility index (Phi) is 7.35. The van der Waals surface area contributed by atoms with Crippen molar-refractivity contribution in [3.63, 3.8) is 0 Å². The van der Waals surface area contributed by atoms with Gasteiger partial charge in [0.05, 0.1) is 24.4 Å². The Morgan fingerprint density at radius 2 is 1.68 bits per heavy atom. The number of aliphatic hydroxyl groups is 1. The summed E-state index contributed by atoms with van der Waals surface area (Å²) in [4.78, 5) is 28.1. The molecular formula is C34H33NO5. The number of rotatable bonds is 7. The highest BCUT2D eigenvalue weighted by Crippen LogP contribution is 2.41. The number of nitrogens with zero attached hydrogens (tertiary/aromatic N) is 1. The molecule has 4 aromatic rings. The maximum absolute atomic E-state index is 13.4. The summed E-state index contributed by atoms with van der Waals surface area (Å²) in [6.45, 7) is 8.92. The predicted octanol–water partition coefficient (Wildman–Crippen LogP) is 7.09. The van der Waals surface area contributed by atoms with Gasteiger partial charge in [-0.25, -0.2) is 0 Å². The van der Waals surface area contributed by atoms with E-state index in [1.807, 2.05) is 49.4 Å². The lowest BCUT2D eigenvalue weighted by molar-refractivity contribution is -0.140. The van der Waals surface area contributed by atoms with Gasteiger partial charge in [0.15, 0.2) is 0 Å². The highest BCUT2D eigenvalue weighted by atomic mass is 16.5. The highest BCUT2D eigenvalue weighted by molar-refractivity contribution is 6.46. The number of aryl methyl sites for hydroxylation is 1. The lowest BCUT2D eigenvalue weighted by atomic mass is 9.85. The first kappa shape index (κ1) is 27.0. The molecule has 0 spiro atoms. The zero-order chi connectivity index (χ0) is 28.4. The monoisotopic (exact) mass is 535 g/mol. The number of likely N-dealkylation sites (tertiary alicyclic amines) is 1. The van der Waals surface area contributed by atoms with Gasteiger partial charge in [0.1, 0.15) is 23.9 Å². The molecule has 5 rings (SSSR count). The van der Waals surface area contributed by atoms with Gasteiger partial charge in [-0.05, 0) is 65.4 Å². The molecule has 1 fully saturated rings. The minimum atomic E-state index is -0.767. The molecule has 0 aliphatic carbocycles. The maximum Gasteiger partial charge on any atom is 0.296 e. The number of amides is 1. The largest absolute Gasteiger partial charge is 0.507 e. The molecule has 6 nitrogen and oxygen atoms in total. The molecule has 1 amide bonds. The summed E-state index contributed by atoms with van der Waals surface area (Å²) in [6, 6.07) is 25.5. The van der Waals surface area contributed by atoms with E-state index in [9.17, 15) is 14.7 Å². The Bertz CT molecular complexity index is 1540. The van der Waals surface area contributed by atoms with E-state index < -0.39 is 17.7 Å². The second kappa shape index (κ2) is 10.9. The minimum Gasteiger partial charge on any atom is -0.507 e. The Balaban J connectivity index is 1.48. The first-order valence-corrected chi connectivity index (χ1v) is 13.3. The van der Waals surface area contributed by atoms with E-state index >= 15 is 0 Å². The summed E-state index contributed by atoms with van der Waals surface area (Å²) in [6.07, 6.45) is 1.53. The molecule has 204 valence electrons. The fourth-order valence-electron chi connectivity index (χ4n) is 4.96. The molecule has 1 aromatic heterocycles. The van der Waals surface area contributed by atoms with Crippen molar-refractivity contribution in [2.45, 2.75) is 52.3 Å². The molecule has 3 aromatic carbocycles. The molecule has 1 saturated heterocycles. The van der Waals surface area contributed by atoms with Crippen molar-refractivity contribution in [3.05, 3.63) is 130 Å². The molecule has 0 radical (unpaired) electrons. The number of furan rings is 1. The van der Waals surface area contributed by atoms with E-state index in [0.717, 1.165) is 22.3 Å². The number of Topliss-reactive ketones (excluding diaryl/α,β-unsaturated/α-hetero) is 1. The number of hydrogen-bond donors (Lipinski definition) is 1. The van der Waals surface area contributed by atoms with Crippen LogP contribution < -0.4 is 4.74 Å². The van der Waals surface area contributed by atoms with Crippen LogP contribution in [0.1, 0.15) is 60.4 Å². The van der Waals surface area contributed by atoms with Crippen LogP contribution >= 0.6 is 0 Å². The molecular weight excluding hydrogens is 502 g/mol. The predicted molar refractivity (Wildman–Crippen MR) is 154 cm³/mol. The van der Waals surface area contributed by atoms with Crippen molar-refractivity contribution < 1.29 is 23.8 Å². The highest BCUT2D eigenvalue weighted by Gasteiger charge is 2.46. The lowest BCUT2D eigenvalue weighted by Gasteiger charge is -2.26. The molecule has 1 aliphatic heterocycles. The summed E-state index contributed by atoms with van der Waals surface area (Å²) < 4.78 is 11.4. The number of carbonyl (C=O) groups is 2. The fourth-order valence-corrected chi connectivity index (χ4v) is 4.96. The number of aliphatic hydroxyl groups excluding tert-OH is 1. The number of carbonyl (C=O) groups excluding carboxylic acids is 2. The third kappa shape index (κ3) is 5.57. The maximum atomic E-state index is 13.4. The van der Waals surface area contributed by atoms with Gasteiger partial charge in [-0.1, -0.05) is 74.9 Å². The minimum absolute atomic E-state index is 0.0495. The van der Waals surface area contributed by atoms with Gasteiger partial charge in [-0.3, -0.25) is 9.59 Å². The quantitative estimate of drug-likeness (QED) is 0.155. The van der Waals surface area contributed by atoms with Crippen molar-refractivity contribution in [1.82, 2.24) is 4.90 Å². The molecule has 1 unspecified atom stereocenters. The second-order valence-corrected chi connectivity index (χ2v) is 11.2. The Hall–Kier alpha value is -4.58. The average molecular weight is 536 g/mol. The van der Waals surface area contributed by atoms with Crippen molar-refractivity contribution in [1.29, 1.82) is 0 Å². The van der Waals surface area contributed by atoms with Crippen LogP contribution in [0.3, 0.4) is 0 Å². The van der Waals surface area contributed by atoms with Gasteiger partial charge in [0.2, 0.25) is 0 Å². The van der Waals surface area contributed by atoms with Gasteiger partial charge in [-0.2, -0.15) is 0 Å². The molecule has 1 atom stereocenters. The van der Waals surface area contributed by atoms with E-state index in [1.54, 1.807) is 36.4 Å². The third-order valence-corrected chi connectivity index (χ3v) is 7.15. The molecule has 40 heavy (non-hydrogen) atoms. The van der Waals surface area contributed by atoms with Crippen molar-refractivity contribution in [3.8, 4) is 5.75 Å². The molecule has 2 heterocycles. The van der Waals surface area contributed by atoms with Crippen LogP contribution in [0.2, 0.25) is 0 Å². The number of hydrogen-bond acceptors (Lipinski definition) is 5. The number of ether oxygens (including phenoxy) is 1. The van der Waals surface area contributed by atoms with E-state index in [-0.39, 0.29) is 23.3 Å². The third-order valence-electron chi connectivity index (χ3n) is 7.15. The Morgan fingerprint density at radius 1 is 0.950 bits per heavy atom. The van der Waals surface area contributed by atoms with Crippen molar-refractivity contribution >= 4 is 17.4 Å². The van der Waals surface area contributed by atoms with Gasteiger partial charge in [0.25, 0.3) is 11.7 Å². The number of benzene rings is 3. The van der Waals surface area contributed by atoms with Crippen molar-refractivity contribution in [2.24, 2.45) is 0 Å². The van der Waals surface area contributed by atoms with E-state index in [4.69, 9.17) is 9.15 Å². The van der Waals surface area contributed by atoms with Crippen LogP contribution in [-0.2, 0) is 28.2 Å². The van der Waals surface area contributed by atoms with E-state index in [2.05, 4.69) is 26.8 Å². The van der Waals surface area contributed by atoms with Crippen LogP contribution in [0.5, 0.6) is 5.75 Å². The second-order valence-electron chi connectivity index (χ2n) is 11.2. The van der Waals surface area contributed by atoms with E-state index in [0.29, 0.717) is 23.7 Å². The standard InChI is InChI=1S/C34H33NO5/c1-22-7-5-8-23(19-22)21-40-27-16-12-25(13-17-27)31(36)29-30(24-10-14-26(15-11-24)34(2,3)4)35(33(38)32(29)37)20-28-9-6-18-39-28/h5-19,30,36H,20-21H2,1-4H3/b31-29+. The first-order valence-electron chi connectivity index (χ1n) is 13.3. The van der Waals surface area contributed by atoms with Crippen LogP contribution in [0.15, 0.2) is 101 Å². The van der Waals surface area contributed by atoms with Gasteiger partial charge in [0, 0.05) is 5.56 Å². The SMILES string of the molecule is Cc1cccc(COc2ccc(/C(O)=C3\C(=O)C(=O)N(Cc4ccco4)C3c3ccc(C(C)(C)C)cc3)cc2)c1. The Labute approximate surface area is 234 Å². The number of ketones is 1. The topological polar surface area (TPSA) is 80.0 Å². The summed E-state index contributed by atoms with van der Waals surface area (Å²) in [7, 11) is 0. The van der Waals surface area contributed by atoms with Gasteiger partial charge >= 0.3 is 0 Å². The van der Waals surface area contributed by atoms with E-state index in [1.165, 1.54) is 11.2 Å². The average Bonchev–Trinajstić information content (AvgIpc) is 3.54. The Morgan fingerprint density at radius 3 is 2.30 bits per heavy atom. The molecule has 1 N–H and O–H groups in total. The lowest BCUT2D eigenvalue weighted by Crippen LogP contribution is -2.29. The summed E-state index contributed by atoms with van der Waals surface area (Å²) in [5.74, 6) is -0.455. The van der Waals surface area contributed by atoms with Gasteiger partial charge in [-0.15, -0.1) is 0 Å². The zero-order valence-electron chi connectivity index (χ0n) is 23.2. The normalized spacial score (nSPS) is 16.9. The first-order chi connectivity index (χ1) is 19.1. The smallest absolute Gasteiger partial charge is 0.296 e. The van der Waals surface area contributed by atoms with Crippen LogP contribution in [0.25, 0.3) is 5.76 Å². The molecule has 6 heteroatoms. The fraction of sp³-hybridized carbons (Fsp3) is 0.235. The molecule has 0 bridgehead atoms. The molecule has 0 saturated carbocycles. The summed E-state index contributed by atoms with van der Waals surface area (Å²) in [5, 5.41) is 11.4. The van der Waals surface area contributed by atoms with Crippen molar-refractivity contribution in [2.75, 3.05) is 0 Å². The zero-order valence-corrected chi connectivity index (χ0v) is 23.2.